The topological polar surface area (TPSA) is 18.5 Å². The molecule has 19 heavy (non-hydrogen) atoms. The molecule has 1 saturated carbocycles. The lowest BCUT2D eigenvalue weighted by Crippen LogP contribution is -2.43. The number of rotatable bonds is 1. The van der Waals surface area contributed by atoms with Gasteiger partial charge in [0.15, 0.2) is 0 Å². The van der Waals surface area contributed by atoms with Crippen LogP contribution in [0, 0.1) is 41.4 Å². The molecule has 0 aromatic rings. The van der Waals surface area contributed by atoms with Crippen molar-refractivity contribution in [3.05, 3.63) is 0 Å². The maximum atomic E-state index is 5.84. The average molecular weight is 260 g/mol. The quantitative estimate of drug-likeness (QED) is 0.674. The van der Waals surface area contributed by atoms with E-state index in [1.165, 1.54) is 25.7 Å². The van der Waals surface area contributed by atoms with Crippen LogP contribution in [0.2, 0.25) is 0 Å². The summed E-state index contributed by atoms with van der Waals surface area (Å²) in [6.45, 7) is 7.55. The molecular weight excluding hydrogens is 236 g/mol. The predicted octanol–water partition coefficient (Wildman–Crippen LogP) is 3.22. The van der Waals surface area contributed by atoms with Crippen molar-refractivity contribution in [1.29, 1.82) is 0 Å². The lowest BCUT2D eigenvalue weighted by Gasteiger charge is -2.39. The van der Waals surface area contributed by atoms with Gasteiger partial charge in [-0.15, -0.1) is 0 Å². The maximum Gasteiger partial charge on any atom is 0.231 e. The molecule has 2 nitrogen and oxygen atoms in total. The molecule has 0 atom stereocenters. The first-order valence-electron chi connectivity index (χ1n) is 7.35. The molecule has 0 aromatic carbocycles. The Morgan fingerprint density at radius 2 is 1.58 bits per heavy atom. The largest absolute Gasteiger partial charge is 0.339 e. The SMILES string of the molecule is CC#CC#CC1(C)OCC(C2CCC(C)CC2)CO1. The van der Waals surface area contributed by atoms with Gasteiger partial charge in [-0.25, -0.2) is 0 Å². The van der Waals surface area contributed by atoms with E-state index in [9.17, 15) is 0 Å². The Morgan fingerprint density at radius 1 is 0.947 bits per heavy atom. The zero-order valence-corrected chi connectivity index (χ0v) is 12.3. The van der Waals surface area contributed by atoms with E-state index in [1.807, 2.05) is 6.92 Å². The lowest BCUT2D eigenvalue weighted by molar-refractivity contribution is -0.245. The van der Waals surface area contributed by atoms with Crippen molar-refractivity contribution in [2.75, 3.05) is 13.2 Å². The molecule has 0 radical (unpaired) electrons. The van der Waals surface area contributed by atoms with Gasteiger partial charge in [0, 0.05) is 12.8 Å². The van der Waals surface area contributed by atoms with Crippen LogP contribution in [0.15, 0.2) is 0 Å². The highest BCUT2D eigenvalue weighted by molar-refractivity contribution is 5.27. The lowest BCUT2D eigenvalue weighted by atomic mass is 9.76. The monoisotopic (exact) mass is 260 g/mol. The van der Waals surface area contributed by atoms with Crippen LogP contribution in [-0.4, -0.2) is 19.0 Å². The summed E-state index contributed by atoms with van der Waals surface area (Å²) in [4.78, 5) is 0. The van der Waals surface area contributed by atoms with Crippen LogP contribution in [0.5, 0.6) is 0 Å². The number of hydrogen-bond donors (Lipinski definition) is 0. The smallest absolute Gasteiger partial charge is 0.231 e. The van der Waals surface area contributed by atoms with Crippen molar-refractivity contribution in [2.24, 2.45) is 17.8 Å². The van der Waals surface area contributed by atoms with Gasteiger partial charge in [0.05, 0.1) is 13.2 Å². The second kappa shape index (κ2) is 6.47. The fourth-order valence-electron chi connectivity index (χ4n) is 2.93. The highest BCUT2D eigenvalue weighted by Crippen LogP contribution is 2.36. The Labute approximate surface area is 117 Å². The van der Waals surface area contributed by atoms with Crippen molar-refractivity contribution in [3.63, 3.8) is 0 Å². The van der Waals surface area contributed by atoms with Gasteiger partial charge in [0.25, 0.3) is 0 Å². The average Bonchev–Trinajstić information content (AvgIpc) is 2.41. The number of hydrogen-bond acceptors (Lipinski definition) is 2. The van der Waals surface area contributed by atoms with Crippen LogP contribution in [0.25, 0.3) is 0 Å². The van der Waals surface area contributed by atoms with E-state index in [4.69, 9.17) is 9.47 Å². The standard InChI is InChI=1S/C17H24O2/c1-4-5-6-11-17(3)18-12-16(13-19-17)15-9-7-14(2)8-10-15/h14-16H,7-10,12-13H2,1-3H3. The van der Waals surface area contributed by atoms with Crippen LogP contribution in [0.4, 0.5) is 0 Å². The Morgan fingerprint density at radius 3 is 2.16 bits per heavy atom. The highest BCUT2D eigenvalue weighted by Gasteiger charge is 2.35. The molecular formula is C17H24O2. The van der Waals surface area contributed by atoms with Crippen LogP contribution >= 0.6 is 0 Å². The fraction of sp³-hybridized carbons (Fsp3) is 0.765. The zero-order chi connectivity index (χ0) is 13.7. The zero-order valence-electron chi connectivity index (χ0n) is 12.3. The Kier molecular flexibility index (Phi) is 4.92. The molecule has 1 saturated heterocycles. The van der Waals surface area contributed by atoms with Crippen LogP contribution < -0.4 is 0 Å². The summed E-state index contributed by atoms with van der Waals surface area (Å²) in [6.07, 6.45) is 5.35. The van der Waals surface area contributed by atoms with E-state index in [-0.39, 0.29) is 0 Å². The van der Waals surface area contributed by atoms with Crippen molar-refractivity contribution < 1.29 is 9.47 Å². The van der Waals surface area contributed by atoms with Gasteiger partial charge in [-0.05, 0) is 49.4 Å². The molecule has 2 fully saturated rings. The summed E-state index contributed by atoms with van der Waals surface area (Å²) in [5.41, 5.74) is 0. The second-order valence-corrected chi connectivity index (χ2v) is 5.97. The summed E-state index contributed by atoms with van der Waals surface area (Å²) in [5, 5.41) is 0. The molecule has 1 aliphatic heterocycles. The first-order chi connectivity index (χ1) is 9.13. The van der Waals surface area contributed by atoms with Gasteiger partial charge in [0.1, 0.15) is 0 Å². The van der Waals surface area contributed by atoms with E-state index >= 15 is 0 Å². The highest BCUT2D eigenvalue weighted by atomic mass is 16.7. The van der Waals surface area contributed by atoms with Gasteiger partial charge in [-0.1, -0.05) is 25.7 Å². The summed E-state index contributed by atoms with van der Waals surface area (Å²) < 4.78 is 11.7. The van der Waals surface area contributed by atoms with Gasteiger partial charge in [0.2, 0.25) is 5.79 Å². The molecule has 2 rings (SSSR count). The van der Waals surface area contributed by atoms with Gasteiger partial charge >= 0.3 is 0 Å². The summed E-state index contributed by atoms with van der Waals surface area (Å²) in [6, 6.07) is 0. The molecule has 0 bridgehead atoms. The van der Waals surface area contributed by atoms with E-state index in [0.29, 0.717) is 5.92 Å². The van der Waals surface area contributed by atoms with Gasteiger partial charge in [-0.2, -0.15) is 0 Å². The molecule has 1 heterocycles. The Bertz CT molecular complexity index is 402. The van der Waals surface area contributed by atoms with Gasteiger partial charge < -0.3 is 9.47 Å². The first kappa shape index (κ1) is 14.4. The van der Waals surface area contributed by atoms with Crippen molar-refractivity contribution >= 4 is 0 Å². The summed E-state index contributed by atoms with van der Waals surface area (Å²) in [5.74, 6) is 12.7. The first-order valence-corrected chi connectivity index (χ1v) is 7.35. The maximum absolute atomic E-state index is 5.84. The molecule has 104 valence electrons. The van der Waals surface area contributed by atoms with E-state index in [0.717, 1.165) is 25.0 Å². The molecule has 0 unspecified atom stereocenters. The van der Waals surface area contributed by atoms with Crippen molar-refractivity contribution in [2.45, 2.75) is 52.2 Å². The Balaban J connectivity index is 1.85. The van der Waals surface area contributed by atoms with Crippen LogP contribution in [0.3, 0.4) is 0 Å². The Hall–Kier alpha value is -0.960. The van der Waals surface area contributed by atoms with Gasteiger partial charge in [-0.3, -0.25) is 0 Å². The second-order valence-electron chi connectivity index (χ2n) is 5.97. The minimum absolute atomic E-state index is 0.541. The molecule has 1 aliphatic carbocycles. The molecule has 0 spiro atoms. The third kappa shape index (κ3) is 4.00. The molecule has 0 N–H and O–H groups in total. The minimum Gasteiger partial charge on any atom is -0.339 e. The fourth-order valence-corrected chi connectivity index (χ4v) is 2.93. The van der Waals surface area contributed by atoms with Crippen LogP contribution in [-0.2, 0) is 9.47 Å². The van der Waals surface area contributed by atoms with Crippen LogP contribution in [0.1, 0.15) is 46.5 Å². The third-order valence-corrected chi connectivity index (χ3v) is 4.35. The summed E-state index contributed by atoms with van der Waals surface area (Å²) >= 11 is 0. The molecule has 2 heteroatoms. The third-order valence-electron chi connectivity index (χ3n) is 4.35. The number of ether oxygens (including phenoxy) is 2. The van der Waals surface area contributed by atoms with Crippen molar-refractivity contribution in [1.82, 2.24) is 0 Å². The van der Waals surface area contributed by atoms with Crippen molar-refractivity contribution in [3.8, 4) is 23.7 Å². The minimum atomic E-state index is -0.762. The molecule has 0 amide bonds. The molecule has 2 aliphatic rings. The van der Waals surface area contributed by atoms with E-state index < -0.39 is 5.79 Å². The normalized spacial score (nSPS) is 38.6. The van der Waals surface area contributed by atoms with E-state index in [1.54, 1.807) is 6.92 Å². The molecule has 0 aromatic heterocycles. The predicted molar refractivity (Wildman–Crippen MR) is 76.1 cm³/mol. The summed E-state index contributed by atoms with van der Waals surface area (Å²) in [7, 11) is 0. The van der Waals surface area contributed by atoms with E-state index in [2.05, 4.69) is 30.6 Å².